The van der Waals surface area contributed by atoms with E-state index in [4.69, 9.17) is 13.9 Å². The van der Waals surface area contributed by atoms with Crippen LogP contribution in [0.3, 0.4) is 0 Å². The Balaban J connectivity index is 1.69. The molecule has 0 spiro atoms. The number of rotatable bonds is 6. The minimum absolute atomic E-state index is 0.233. The van der Waals surface area contributed by atoms with E-state index in [-0.39, 0.29) is 5.91 Å². The number of methoxy groups -OCH3 is 2. The van der Waals surface area contributed by atoms with Gasteiger partial charge in [0.15, 0.2) is 0 Å². The Morgan fingerprint density at radius 3 is 2.52 bits per heavy atom. The number of furan rings is 1. The smallest absolute Gasteiger partial charge is 0.248 e. The molecule has 0 bridgehead atoms. The minimum Gasteiger partial charge on any atom is -0.497 e. The molecule has 1 aromatic heterocycles. The van der Waals surface area contributed by atoms with E-state index in [0.717, 1.165) is 33.2 Å². The Bertz CT molecular complexity index is 1260. The number of ether oxygens (including phenoxy) is 2. The van der Waals surface area contributed by atoms with Crippen LogP contribution in [0, 0.1) is 0 Å². The lowest BCUT2D eigenvalue weighted by Crippen LogP contribution is -2.08. The van der Waals surface area contributed by atoms with Gasteiger partial charge in [0.1, 0.15) is 17.1 Å². The second-order valence-corrected chi connectivity index (χ2v) is 7.11. The van der Waals surface area contributed by atoms with Gasteiger partial charge in [-0.2, -0.15) is 0 Å². The molecule has 0 saturated heterocycles. The van der Waals surface area contributed by atoms with E-state index < -0.39 is 0 Å². The van der Waals surface area contributed by atoms with Crippen molar-refractivity contribution in [1.29, 1.82) is 0 Å². The molecule has 31 heavy (non-hydrogen) atoms. The number of hydrogen-bond donors (Lipinski definition) is 1. The maximum Gasteiger partial charge on any atom is 0.248 e. The van der Waals surface area contributed by atoms with Crippen molar-refractivity contribution in [2.75, 3.05) is 19.5 Å². The largest absolute Gasteiger partial charge is 0.497 e. The maximum absolute atomic E-state index is 12.6. The number of carbonyl (C=O) groups is 1. The summed E-state index contributed by atoms with van der Waals surface area (Å²) in [5, 5.41) is 3.83. The van der Waals surface area contributed by atoms with Crippen molar-refractivity contribution in [3.05, 3.63) is 84.6 Å². The Hall–Kier alpha value is -3.99. The molecule has 4 rings (SSSR count). The van der Waals surface area contributed by atoms with E-state index in [1.54, 1.807) is 32.6 Å². The standard InChI is InChI=1S/C26H23NO4/c1-17(12-26(28)27-19-10-7-11-20(13-19)29-2)21-14-22-23(18-8-5-4-6-9-18)16-31-25(22)15-24(21)30-3/h4-16H,1-3H3,(H,27,28)/b17-12+. The molecule has 0 aliphatic rings. The first-order valence-corrected chi connectivity index (χ1v) is 9.87. The van der Waals surface area contributed by atoms with E-state index in [2.05, 4.69) is 5.32 Å². The van der Waals surface area contributed by atoms with Crippen LogP contribution in [0.1, 0.15) is 12.5 Å². The topological polar surface area (TPSA) is 60.7 Å². The minimum atomic E-state index is -0.233. The molecule has 1 N–H and O–H groups in total. The highest BCUT2D eigenvalue weighted by Crippen LogP contribution is 2.37. The first-order valence-electron chi connectivity index (χ1n) is 9.87. The summed E-state index contributed by atoms with van der Waals surface area (Å²) in [6, 6.07) is 21.1. The molecule has 0 fully saturated rings. The van der Waals surface area contributed by atoms with Crippen LogP contribution in [0.5, 0.6) is 11.5 Å². The normalized spacial score (nSPS) is 11.4. The fourth-order valence-corrected chi connectivity index (χ4v) is 3.53. The molecule has 5 heteroatoms. The number of benzene rings is 3. The van der Waals surface area contributed by atoms with Crippen LogP contribution < -0.4 is 14.8 Å². The number of amides is 1. The monoisotopic (exact) mass is 413 g/mol. The highest BCUT2D eigenvalue weighted by Gasteiger charge is 2.15. The van der Waals surface area contributed by atoms with Gasteiger partial charge < -0.3 is 19.2 Å². The van der Waals surface area contributed by atoms with Crippen molar-refractivity contribution >= 4 is 28.1 Å². The predicted molar refractivity (Wildman–Crippen MR) is 123 cm³/mol. The average Bonchev–Trinajstić information content (AvgIpc) is 3.21. The number of allylic oxidation sites excluding steroid dienone is 1. The fraction of sp³-hybridized carbons (Fsp3) is 0.115. The highest BCUT2D eigenvalue weighted by atomic mass is 16.5. The van der Waals surface area contributed by atoms with Crippen LogP contribution >= 0.6 is 0 Å². The summed E-state index contributed by atoms with van der Waals surface area (Å²) in [7, 11) is 3.20. The second-order valence-electron chi connectivity index (χ2n) is 7.11. The molecule has 0 radical (unpaired) electrons. The molecule has 0 aliphatic carbocycles. The molecule has 0 atom stereocenters. The lowest BCUT2D eigenvalue weighted by atomic mass is 9.99. The zero-order chi connectivity index (χ0) is 21.8. The van der Waals surface area contributed by atoms with E-state index in [0.29, 0.717) is 17.2 Å². The van der Waals surface area contributed by atoms with Crippen molar-refractivity contribution in [1.82, 2.24) is 0 Å². The van der Waals surface area contributed by atoms with Gasteiger partial charge in [-0.3, -0.25) is 4.79 Å². The van der Waals surface area contributed by atoms with E-state index in [1.165, 1.54) is 0 Å². The van der Waals surface area contributed by atoms with Crippen molar-refractivity contribution in [2.45, 2.75) is 6.92 Å². The van der Waals surface area contributed by atoms with Crippen LogP contribution in [0.25, 0.3) is 27.7 Å². The molecule has 5 nitrogen and oxygen atoms in total. The zero-order valence-electron chi connectivity index (χ0n) is 17.6. The fourth-order valence-electron chi connectivity index (χ4n) is 3.53. The molecule has 0 unspecified atom stereocenters. The van der Waals surface area contributed by atoms with E-state index >= 15 is 0 Å². The van der Waals surface area contributed by atoms with Crippen molar-refractivity contribution in [3.63, 3.8) is 0 Å². The van der Waals surface area contributed by atoms with Gasteiger partial charge in [-0.15, -0.1) is 0 Å². The average molecular weight is 413 g/mol. The number of carbonyl (C=O) groups excluding carboxylic acids is 1. The van der Waals surface area contributed by atoms with Crippen LogP contribution in [0.15, 0.2) is 83.5 Å². The van der Waals surface area contributed by atoms with Crippen LogP contribution in [0.2, 0.25) is 0 Å². The molecule has 0 saturated carbocycles. The first-order chi connectivity index (χ1) is 15.1. The number of hydrogen-bond acceptors (Lipinski definition) is 4. The SMILES string of the molecule is COc1cccc(NC(=O)/C=C(\C)c2cc3c(-c4ccccc4)coc3cc2OC)c1. The van der Waals surface area contributed by atoms with Crippen molar-refractivity contribution in [2.24, 2.45) is 0 Å². The van der Waals surface area contributed by atoms with E-state index in [9.17, 15) is 4.79 Å². The first kappa shape index (κ1) is 20.3. The highest BCUT2D eigenvalue weighted by molar-refractivity contribution is 6.05. The molecule has 3 aromatic carbocycles. The third-order valence-corrected chi connectivity index (χ3v) is 5.09. The van der Waals surface area contributed by atoms with Crippen molar-refractivity contribution < 1.29 is 18.7 Å². The summed E-state index contributed by atoms with van der Waals surface area (Å²) in [4.78, 5) is 12.6. The van der Waals surface area contributed by atoms with Crippen LogP contribution in [-0.2, 0) is 4.79 Å². The number of nitrogens with one attached hydrogen (secondary N) is 1. The second kappa shape index (κ2) is 8.79. The zero-order valence-corrected chi connectivity index (χ0v) is 17.6. The lowest BCUT2D eigenvalue weighted by Gasteiger charge is -2.10. The molecule has 156 valence electrons. The van der Waals surface area contributed by atoms with Gasteiger partial charge >= 0.3 is 0 Å². The quantitative estimate of drug-likeness (QED) is 0.385. The summed E-state index contributed by atoms with van der Waals surface area (Å²) >= 11 is 0. The Labute approximate surface area is 180 Å². The lowest BCUT2D eigenvalue weighted by molar-refractivity contribution is -0.111. The van der Waals surface area contributed by atoms with Gasteiger partial charge in [-0.25, -0.2) is 0 Å². The number of fused-ring (bicyclic) bond motifs is 1. The molecular weight excluding hydrogens is 390 g/mol. The van der Waals surface area contributed by atoms with Gasteiger partial charge in [0.25, 0.3) is 0 Å². The van der Waals surface area contributed by atoms with Gasteiger partial charge in [-0.1, -0.05) is 36.4 Å². The summed E-state index contributed by atoms with van der Waals surface area (Å²) in [5.41, 5.74) is 5.06. The molecular formula is C26H23NO4. The maximum atomic E-state index is 12.6. The predicted octanol–water partition coefficient (Wildman–Crippen LogP) is 6.16. The van der Waals surface area contributed by atoms with Gasteiger partial charge in [0.05, 0.1) is 20.5 Å². The summed E-state index contributed by atoms with van der Waals surface area (Å²) < 4.78 is 16.5. The molecule has 1 heterocycles. The summed E-state index contributed by atoms with van der Waals surface area (Å²) in [6.45, 7) is 1.89. The van der Waals surface area contributed by atoms with Crippen LogP contribution in [0.4, 0.5) is 5.69 Å². The third-order valence-electron chi connectivity index (χ3n) is 5.09. The van der Waals surface area contributed by atoms with Crippen LogP contribution in [-0.4, -0.2) is 20.1 Å². The Kier molecular flexibility index (Phi) is 5.76. The van der Waals surface area contributed by atoms with Gasteiger partial charge in [-0.05, 0) is 36.3 Å². The summed E-state index contributed by atoms with van der Waals surface area (Å²) in [6.07, 6.45) is 3.31. The van der Waals surface area contributed by atoms with Crippen molar-refractivity contribution in [3.8, 4) is 22.6 Å². The van der Waals surface area contributed by atoms with E-state index in [1.807, 2.05) is 67.6 Å². The summed E-state index contributed by atoms with van der Waals surface area (Å²) in [5.74, 6) is 1.09. The molecule has 4 aromatic rings. The third kappa shape index (κ3) is 4.31. The van der Waals surface area contributed by atoms with Gasteiger partial charge in [0.2, 0.25) is 5.91 Å². The molecule has 0 aliphatic heterocycles. The van der Waals surface area contributed by atoms with Gasteiger partial charge in [0, 0.05) is 40.4 Å². The Morgan fingerprint density at radius 2 is 1.77 bits per heavy atom. The number of anilines is 1. The molecule has 1 amide bonds. The Morgan fingerprint density at radius 1 is 0.968 bits per heavy atom.